The Hall–Kier alpha value is -2.59. The van der Waals surface area contributed by atoms with E-state index in [-0.39, 0.29) is 24.4 Å². The number of anilines is 1. The summed E-state index contributed by atoms with van der Waals surface area (Å²) in [5.74, 6) is -2.29. The van der Waals surface area contributed by atoms with Crippen molar-refractivity contribution in [3.05, 3.63) is 11.9 Å². The van der Waals surface area contributed by atoms with E-state index in [0.717, 1.165) is 19.0 Å². The van der Waals surface area contributed by atoms with Crippen LogP contribution in [0.3, 0.4) is 0 Å². The topological polar surface area (TPSA) is 105 Å². The number of aromatic nitrogens is 2. The fourth-order valence-electron chi connectivity index (χ4n) is 3.22. The van der Waals surface area contributed by atoms with E-state index in [1.54, 1.807) is 18.7 Å². The highest BCUT2D eigenvalue weighted by Gasteiger charge is 2.38. The van der Waals surface area contributed by atoms with Gasteiger partial charge in [0.25, 0.3) is 11.8 Å². The summed E-state index contributed by atoms with van der Waals surface area (Å²) < 4.78 is 42.7. The normalized spacial score (nSPS) is 16.4. The number of hydrogen-bond acceptors (Lipinski definition) is 6. The summed E-state index contributed by atoms with van der Waals surface area (Å²) >= 11 is 0. The lowest BCUT2D eigenvalue weighted by Gasteiger charge is -2.29. The Morgan fingerprint density at radius 1 is 1.28 bits per heavy atom. The van der Waals surface area contributed by atoms with E-state index in [1.807, 2.05) is 0 Å². The number of hydrogen-bond donors (Lipinski definition) is 2. The quantitative estimate of drug-likeness (QED) is 0.635. The van der Waals surface area contributed by atoms with Crippen molar-refractivity contribution in [2.75, 3.05) is 24.6 Å². The molecule has 1 aliphatic rings. The minimum atomic E-state index is -4.58. The molecule has 8 nitrogen and oxygen atoms in total. The van der Waals surface area contributed by atoms with E-state index >= 15 is 0 Å². The van der Waals surface area contributed by atoms with Crippen LogP contribution in [0, 0.1) is 0 Å². The van der Waals surface area contributed by atoms with Gasteiger partial charge in [0, 0.05) is 13.1 Å². The summed E-state index contributed by atoms with van der Waals surface area (Å²) in [5.41, 5.74) is -1.80. The van der Waals surface area contributed by atoms with E-state index in [0.29, 0.717) is 19.5 Å². The van der Waals surface area contributed by atoms with Gasteiger partial charge < -0.3 is 20.1 Å². The van der Waals surface area contributed by atoms with Crippen molar-refractivity contribution >= 4 is 17.7 Å². The van der Waals surface area contributed by atoms with E-state index in [9.17, 15) is 27.9 Å². The van der Waals surface area contributed by atoms with E-state index < -0.39 is 36.1 Å². The number of alkyl halides is 3. The van der Waals surface area contributed by atoms with Crippen molar-refractivity contribution in [2.24, 2.45) is 0 Å². The van der Waals surface area contributed by atoms with Crippen LogP contribution in [0.5, 0.6) is 5.88 Å². The molecule has 1 aliphatic heterocycles. The maximum atomic E-state index is 12.6. The Kier molecular flexibility index (Phi) is 7.26. The zero-order valence-electron chi connectivity index (χ0n) is 16.4. The molecule has 2 rings (SSSR count). The molecule has 0 radical (unpaired) electrons. The Morgan fingerprint density at radius 2 is 1.93 bits per heavy atom. The Morgan fingerprint density at radius 3 is 2.45 bits per heavy atom. The molecule has 0 aromatic carbocycles. The number of halogens is 3. The molecule has 162 valence electrons. The first-order valence-electron chi connectivity index (χ1n) is 9.49. The van der Waals surface area contributed by atoms with Gasteiger partial charge in [-0.3, -0.25) is 4.79 Å². The van der Waals surface area contributed by atoms with Gasteiger partial charge in [-0.1, -0.05) is 20.3 Å². The molecule has 1 unspecified atom stereocenters. The van der Waals surface area contributed by atoms with Gasteiger partial charge in [-0.25, -0.2) is 14.8 Å². The molecule has 2 heterocycles. The van der Waals surface area contributed by atoms with Crippen LogP contribution in [0.25, 0.3) is 0 Å². The first kappa shape index (κ1) is 22.7. The molecule has 1 fully saturated rings. The molecule has 0 spiro atoms. The zero-order chi connectivity index (χ0) is 21.7. The largest absolute Gasteiger partial charge is 0.480 e. The molecule has 11 heteroatoms. The van der Waals surface area contributed by atoms with Crippen LogP contribution < -0.4 is 15.0 Å². The third kappa shape index (κ3) is 5.70. The minimum Gasteiger partial charge on any atom is -0.480 e. The summed E-state index contributed by atoms with van der Waals surface area (Å²) in [7, 11) is 0. The summed E-state index contributed by atoms with van der Waals surface area (Å²) in [6.45, 7) is 3.03. The number of carbonyl (C=O) groups excluding carboxylic acids is 1. The van der Waals surface area contributed by atoms with E-state index in [2.05, 4.69) is 15.3 Å². The highest BCUT2D eigenvalue weighted by Crippen LogP contribution is 2.29. The van der Waals surface area contributed by atoms with Crippen LogP contribution >= 0.6 is 0 Å². The zero-order valence-corrected chi connectivity index (χ0v) is 16.4. The fraction of sp³-hybridized carbons (Fsp3) is 0.667. The van der Waals surface area contributed by atoms with Crippen molar-refractivity contribution in [3.8, 4) is 5.88 Å². The first-order valence-corrected chi connectivity index (χ1v) is 9.49. The maximum absolute atomic E-state index is 12.6. The Bertz CT molecular complexity index is 738. The van der Waals surface area contributed by atoms with Crippen LogP contribution in [-0.4, -0.2) is 58.4 Å². The summed E-state index contributed by atoms with van der Waals surface area (Å²) in [6.07, 6.45) is -0.893. The first-order chi connectivity index (χ1) is 13.6. The van der Waals surface area contributed by atoms with Gasteiger partial charge in [-0.15, -0.1) is 0 Å². The third-order valence-corrected chi connectivity index (χ3v) is 4.78. The van der Waals surface area contributed by atoms with Gasteiger partial charge in [0.15, 0.2) is 18.1 Å². The van der Waals surface area contributed by atoms with Crippen LogP contribution in [0.1, 0.15) is 56.4 Å². The average molecular weight is 418 g/mol. The second-order valence-corrected chi connectivity index (χ2v) is 6.93. The number of carboxylic acid groups (broad SMARTS) is 1. The van der Waals surface area contributed by atoms with E-state index in [4.69, 9.17) is 4.74 Å². The molecule has 1 saturated heterocycles. The summed E-state index contributed by atoms with van der Waals surface area (Å²) in [4.78, 5) is 34.1. The second-order valence-electron chi connectivity index (χ2n) is 6.93. The molecule has 29 heavy (non-hydrogen) atoms. The molecular formula is C18H25F3N4O4. The van der Waals surface area contributed by atoms with Crippen LogP contribution in [0.2, 0.25) is 0 Å². The molecule has 1 aromatic heterocycles. The lowest BCUT2D eigenvalue weighted by Crippen LogP contribution is -2.54. The standard InChI is InChI=1S/C18H25F3N4O4/c1-3-7-17(4-2,16(27)28)24-14(26)12-10-22-13(25-8-5-6-9-25)15(23-12)29-11-18(19,20)21/h10H,3-9,11H2,1-2H3,(H,24,26)(H,27,28). The number of carbonyl (C=O) groups is 2. The smallest absolute Gasteiger partial charge is 0.422 e. The summed E-state index contributed by atoms with van der Waals surface area (Å²) in [6, 6.07) is 0. The highest BCUT2D eigenvalue weighted by molar-refractivity contribution is 5.96. The van der Waals surface area contributed by atoms with Gasteiger partial charge in [0.1, 0.15) is 5.54 Å². The third-order valence-electron chi connectivity index (χ3n) is 4.78. The monoisotopic (exact) mass is 418 g/mol. The maximum Gasteiger partial charge on any atom is 0.422 e. The molecule has 1 amide bonds. The Balaban J connectivity index is 2.31. The van der Waals surface area contributed by atoms with Crippen molar-refractivity contribution in [1.82, 2.24) is 15.3 Å². The van der Waals surface area contributed by atoms with Crippen molar-refractivity contribution in [1.29, 1.82) is 0 Å². The van der Waals surface area contributed by atoms with E-state index in [1.165, 1.54) is 0 Å². The Labute approximate surface area is 166 Å². The second kappa shape index (κ2) is 9.27. The SMILES string of the molecule is CCCC(CC)(NC(=O)c1cnc(N2CCCC2)c(OCC(F)(F)F)n1)C(=O)O. The number of carboxylic acids is 1. The number of amides is 1. The average Bonchev–Trinajstić information content (AvgIpc) is 3.19. The van der Waals surface area contributed by atoms with Crippen LogP contribution in [0.15, 0.2) is 6.20 Å². The van der Waals surface area contributed by atoms with Gasteiger partial charge in [-0.05, 0) is 25.7 Å². The lowest BCUT2D eigenvalue weighted by molar-refractivity contribution is -0.154. The number of nitrogens with zero attached hydrogens (tertiary/aromatic N) is 3. The van der Waals surface area contributed by atoms with Crippen molar-refractivity contribution in [3.63, 3.8) is 0 Å². The van der Waals surface area contributed by atoms with Gasteiger partial charge >= 0.3 is 12.1 Å². The molecule has 0 saturated carbocycles. The van der Waals surface area contributed by atoms with Gasteiger partial charge in [-0.2, -0.15) is 13.2 Å². The molecule has 1 atom stereocenters. The number of rotatable bonds is 9. The highest BCUT2D eigenvalue weighted by atomic mass is 19.4. The predicted molar refractivity (Wildman–Crippen MR) is 98.1 cm³/mol. The van der Waals surface area contributed by atoms with Crippen molar-refractivity contribution < 1.29 is 32.6 Å². The van der Waals surface area contributed by atoms with Crippen molar-refractivity contribution in [2.45, 2.75) is 57.7 Å². The molecule has 1 aromatic rings. The number of ether oxygens (including phenoxy) is 1. The number of aliphatic carboxylic acids is 1. The minimum absolute atomic E-state index is 0.136. The van der Waals surface area contributed by atoms with Crippen LogP contribution in [0.4, 0.5) is 19.0 Å². The lowest BCUT2D eigenvalue weighted by atomic mass is 9.90. The molecule has 2 N–H and O–H groups in total. The molecule has 0 bridgehead atoms. The predicted octanol–water partition coefficient (Wildman–Crippen LogP) is 2.78. The van der Waals surface area contributed by atoms with Gasteiger partial charge in [0.05, 0.1) is 6.20 Å². The molecular weight excluding hydrogens is 393 g/mol. The number of nitrogens with one attached hydrogen (secondary N) is 1. The fourth-order valence-corrected chi connectivity index (χ4v) is 3.22. The molecule has 0 aliphatic carbocycles. The van der Waals surface area contributed by atoms with Gasteiger partial charge in [0.2, 0.25) is 0 Å². The summed E-state index contributed by atoms with van der Waals surface area (Å²) in [5, 5.41) is 12.0. The van der Waals surface area contributed by atoms with Crippen LogP contribution in [-0.2, 0) is 4.79 Å².